The molecule has 0 atom stereocenters. The molecule has 0 unspecified atom stereocenters. The molecular weight excluding hydrogens is 259 g/mol. The van der Waals surface area contributed by atoms with E-state index in [4.69, 9.17) is 0 Å². The Morgan fingerprint density at radius 1 is 1.32 bits per heavy atom. The van der Waals surface area contributed by atoms with Crippen LogP contribution in [0.25, 0.3) is 0 Å². The minimum atomic E-state index is -4.27. The molecule has 0 saturated heterocycles. The number of nitrogens with zero attached hydrogens (tertiary/aromatic N) is 2. The minimum Gasteiger partial charge on any atom is -0.370 e. The molecule has 0 radical (unpaired) electrons. The van der Waals surface area contributed by atoms with Crippen molar-refractivity contribution in [3.05, 3.63) is 18.2 Å². The zero-order valence-electron chi connectivity index (χ0n) is 11.4. The predicted octanol–water partition coefficient (Wildman–Crippen LogP) is 2.35. The van der Waals surface area contributed by atoms with Crippen molar-refractivity contribution in [1.82, 2.24) is 14.9 Å². The fourth-order valence-corrected chi connectivity index (χ4v) is 1.40. The maximum Gasteiger partial charge on any atom is 0.411 e. The first-order chi connectivity index (χ1) is 8.67. The van der Waals surface area contributed by atoms with E-state index in [9.17, 15) is 13.2 Å². The SMILES string of the molecule is CC(C)(C)NCc1cncn1CCOCC(F)(F)F. The Balaban J connectivity index is 2.37. The monoisotopic (exact) mass is 279 g/mol. The van der Waals surface area contributed by atoms with Gasteiger partial charge in [-0.3, -0.25) is 0 Å². The molecule has 0 aromatic carbocycles. The molecule has 0 spiro atoms. The first kappa shape index (κ1) is 16.0. The number of rotatable bonds is 6. The van der Waals surface area contributed by atoms with Gasteiger partial charge in [-0.1, -0.05) is 0 Å². The standard InChI is InChI=1S/C12H20F3N3O/c1-11(2,3)17-7-10-6-16-9-18(10)4-5-19-8-12(13,14)15/h6,9,17H,4-5,7-8H2,1-3H3. The van der Waals surface area contributed by atoms with Crippen molar-refractivity contribution in [3.8, 4) is 0 Å². The summed E-state index contributed by atoms with van der Waals surface area (Å²) in [7, 11) is 0. The Morgan fingerprint density at radius 2 is 2.00 bits per heavy atom. The lowest BCUT2D eigenvalue weighted by Gasteiger charge is -2.21. The molecule has 0 saturated carbocycles. The van der Waals surface area contributed by atoms with E-state index in [1.165, 1.54) is 0 Å². The Bertz CT molecular complexity index is 382. The number of imidazole rings is 1. The van der Waals surface area contributed by atoms with Crippen molar-refractivity contribution in [2.24, 2.45) is 0 Å². The van der Waals surface area contributed by atoms with Crippen molar-refractivity contribution in [1.29, 1.82) is 0 Å². The van der Waals surface area contributed by atoms with Gasteiger partial charge >= 0.3 is 6.18 Å². The highest BCUT2D eigenvalue weighted by Gasteiger charge is 2.27. The van der Waals surface area contributed by atoms with Crippen LogP contribution in [0.4, 0.5) is 13.2 Å². The van der Waals surface area contributed by atoms with Crippen LogP contribution in [0.3, 0.4) is 0 Å². The summed E-state index contributed by atoms with van der Waals surface area (Å²) in [5.74, 6) is 0. The van der Waals surface area contributed by atoms with Gasteiger partial charge in [-0.15, -0.1) is 0 Å². The molecule has 1 rings (SSSR count). The first-order valence-corrected chi connectivity index (χ1v) is 6.06. The summed E-state index contributed by atoms with van der Waals surface area (Å²) in [6.07, 6.45) is -0.981. The van der Waals surface area contributed by atoms with E-state index < -0.39 is 12.8 Å². The van der Waals surface area contributed by atoms with Crippen molar-refractivity contribution in [3.63, 3.8) is 0 Å². The molecule has 0 bridgehead atoms. The second kappa shape index (κ2) is 6.38. The third kappa shape index (κ3) is 7.17. The average molecular weight is 279 g/mol. The zero-order valence-corrected chi connectivity index (χ0v) is 11.4. The Kier molecular flexibility index (Phi) is 5.37. The van der Waals surface area contributed by atoms with Gasteiger partial charge in [-0.05, 0) is 20.8 Å². The van der Waals surface area contributed by atoms with Gasteiger partial charge in [0.05, 0.1) is 18.6 Å². The van der Waals surface area contributed by atoms with Gasteiger partial charge < -0.3 is 14.6 Å². The van der Waals surface area contributed by atoms with Crippen LogP contribution in [0.15, 0.2) is 12.5 Å². The largest absolute Gasteiger partial charge is 0.411 e. The molecule has 19 heavy (non-hydrogen) atoms. The summed E-state index contributed by atoms with van der Waals surface area (Å²) in [4.78, 5) is 4.00. The number of hydrogen-bond donors (Lipinski definition) is 1. The molecule has 7 heteroatoms. The fraction of sp³-hybridized carbons (Fsp3) is 0.750. The maximum atomic E-state index is 11.9. The van der Waals surface area contributed by atoms with Crippen LogP contribution in [0.1, 0.15) is 26.5 Å². The maximum absolute atomic E-state index is 11.9. The van der Waals surface area contributed by atoms with E-state index in [-0.39, 0.29) is 12.1 Å². The summed E-state index contributed by atoms with van der Waals surface area (Å²) < 4.78 is 42.1. The van der Waals surface area contributed by atoms with E-state index in [0.717, 1.165) is 5.69 Å². The number of halogens is 3. The second-order valence-electron chi connectivity index (χ2n) is 5.35. The number of aromatic nitrogens is 2. The van der Waals surface area contributed by atoms with Crippen LogP contribution < -0.4 is 5.32 Å². The molecule has 0 amide bonds. The summed E-state index contributed by atoms with van der Waals surface area (Å²) in [6.45, 7) is 5.90. The van der Waals surface area contributed by atoms with E-state index >= 15 is 0 Å². The summed E-state index contributed by atoms with van der Waals surface area (Å²) in [5, 5.41) is 3.30. The molecule has 0 aliphatic rings. The van der Waals surface area contributed by atoms with E-state index in [2.05, 4.69) is 15.0 Å². The van der Waals surface area contributed by atoms with Gasteiger partial charge in [0.2, 0.25) is 0 Å². The van der Waals surface area contributed by atoms with Gasteiger partial charge in [0.1, 0.15) is 6.61 Å². The van der Waals surface area contributed by atoms with E-state index in [1.807, 2.05) is 20.8 Å². The van der Waals surface area contributed by atoms with Gasteiger partial charge in [0.25, 0.3) is 0 Å². The number of hydrogen-bond acceptors (Lipinski definition) is 3. The van der Waals surface area contributed by atoms with E-state index in [1.54, 1.807) is 17.1 Å². The summed E-state index contributed by atoms with van der Waals surface area (Å²) in [6, 6.07) is 0. The molecular formula is C12H20F3N3O. The van der Waals surface area contributed by atoms with Crippen LogP contribution in [-0.4, -0.2) is 34.5 Å². The third-order valence-corrected chi connectivity index (χ3v) is 2.34. The predicted molar refractivity (Wildman–Crippen MR) is 65.7 cm³/mol. The highest BCUT2D eigenvalue weighted by molar-refractivity contribution is 4.98. The van der Waals surface area contributed by atoms with E-state index in [0.29, 0.717) is 13.1 Å². The summed E-state index contributed by atoms with van der Waals surface area (Å²) >= 11 is 0. The van der Waals surface area contributed by atoms with Gasteiger partial charge in [-0.2, -0.15) is 13.2 Å². The second-order valence-corrected chi connectivity index (χ2v) is 5.35. The van der Waals surface area contributed by atoms with Crippen molar-refractivity contribution in [2.75, 3.05) is 13.2 Å². The zero-order chi connectivity index (χ0) is 14.5. The molecule has 110 valence electrons. The quantitative estimate of drug-likeness (QED) is 0.812. The first-order valence-electron chi connectivity index (χ1n) is 6.06. The van der Waals surface area contributed by atoms with Crippen molar-refractivity contribution in [2.45, 2.75) is 45.6 Å². The summed E-state index contributed by atoms with van der Waals surface area (Å²) in [5.41, 5.74) is 0.896. The highest BCUT2D eigenvalue weighted by atomic mass is 19.4. The molecule has 1 N–H and O–H groups in total. The molecule has 0 fully saturated rings. The Hall–Kier alpha value is -1.08. The lowest BCUT2D eigenvalue weighted by Crippen LogP contribution is -2.35. The van der Waals surface area contributed by atoms with Gasteiger partial charge in [-0.25, -0.2) is 4.98 Å². The van der Waals surface area contributed by atoms with Crippen molar-refractivity contribution < 1.29 is 17.9 Å². The molecule has 1 heterocycles. The number of alkyl halides is 3. The molecule has 1 aromatic rings. The average Bonchev–Trinajstić information content (AvgIpc) is 2.66. The molecule has 1 aromatic heterocycles. The lowest BCUT2D eigenvalue weighted by molar-refractivity contribution is -0.174. The lowest BCUT2D eigenvalue weighted by atomic mass is 10.1. The highest BCUT2D eigenvalue weighted by Crippen LogP contribution is 2.14. The Labute approximate surface area is 111 Å². The molecule has 0 aliphatic carbocycles. The fourth-order valence-electron chi connectivity index (χ4n) is 1.40. The van der Waals surface area contributed by atoms with Crippen LogP contribution in [0.2, 0.25) is 0 Å². The van der Waals surface area contributed by atoms with Gasteiger partial charge in [0, 0.05) is 24.8 Å². The molecule has 0 aliphatic heterocycles. The normalized spacial score (nSPS) is 12.9. The van der Waals surface area contributed by atoms with Crippen LogP contribution in [0, 0.1) is 0 Å². The van der Waals surface area contributed by atoms with Gasteiger partial charge in [0.15, 0.2) is 0 Å². The van der Waals surface area contributed by atoms with Crippen LogP contribution in [0.5, 0.6) is 0 Å². The van der Waals surface area contributed by atoms with Crippen molar-refractivity contribution >= 4 is 0 Å². The third-order valence-electron chi connectivity index (χ3n) is 2.34. The number of nitrogens with one attached hydrogen (secondary N) is 1. The Morgan fingerprint density at radius 3 is 2.58 bits per heavy atom. The number of ether oxygens (including phenoxy) is 1. The molecule has 4 nitrogen and oxygen atoms in total. The minimum absolute atomic E-state index is 0.0123. The smallest absolute Gasteiger partial charge is 0.370 e. The topological polar surface area (TPSA) is 39.1 Å². The van der Waals surface area contributed by atoms with Crippen LogP contribution in [-0.2, 0) is 17.8 Å². The van der Waals surface area contributed by atoms with Crippen LogP contribution >= 0.6 is 0 Å².